The minimum atomic E-state index is -3.78. The molecule has 3 rings (SSSR count). The van der Waals surface area contributed by atoms with Crippen LogP contribution in [0.15, 0.2) is 65.6 Å². The lowest BCUT2D eigenvalue weighted by atomic mass is 10.1. The number of rotatable bonds is 10. The molecule has 1 amide bonds. The van der Waals surface area contributed by atoms with Crippen LogP contribution in [-0.2, 0) is 26.6 Å². The summed E-state index contributed by atoms with van der Waals surface area (Å²) in [6, 6.07) is 16.1. The second-order valence-corrected chi connectivity index (χ2v) is 13.0. The van der Waals surface area contributed by atoms with Crippen molar-refractivity contribution in [1.29, 1.82) is 0 Å². The molecule has 0 spiro atoms. The van der Waals surface area contributed by atoms with E-state index < -0.39 is 26.0 Å². The van der Waals surface area contributed by atoms with Gasteiger partial charge >= 0.3 is 0 Å². The Morgan fingerprint density at radius 1 is 0.947 bits per heavy atom. The summed E-state index contributed by atoms with van der Waals surface area (Å²) in [6.07, 6.45) is 1.16. The second kappa shape index (κ2) is 11.5. The first kappa shape index (κ1) is 29.2. The lowest BCUT2D eigenvalue weighted by Crippen LogP contribution is -2.30. The number of benzene rings is 3. The van der Waals surface area contributed by atoms with Crippen molar-refractivity contribution in [3.63, 3.8) is 0 Å². The molecule has 3 aromatic carbocycles. The number of sulfonamides is 2. The van der Waals surface area contributed by atoms with Gasteiger partial charge in [0.15, 0.2) is 0 Å². The van der Waals surface area contributed by atoms with Crippen molar-refractivity contribution in [1.82, 2.24) is 4.72 Å². The second-order valence-electron chi connectivity index (χ2n) is 9.35. The molecule has 11 heteroatoms. The summed E-state index contributed by atoms with van der Waals surface area (Å²) in [7, 11) is -5.92. The number of nitrogens with zero attached hydrogens (tertiary/aromatic N) is 1. The Morgan fingerprint density at radius 2 is 1.61 bits per heavy atom. The topological polar surface area (TPSA) is 122 Å². The van der Waals surface area contributed by atoms with Crippen LogP contribution in [0.1, 0.15) is 40.9 Å². The number of ether oxygens (including phenoxy) is 1. The van der Waals surface area contributed by atoms with E-state index in [0.29, 0.717) is 22.6 Å². The van der Waals surface area contributed by atoms with Gasteiger partial charge in [-0.3, -0.25) is 9.10 Å². The third-order valence-corrected chi connectivity index (χ3v) is 8.48. The summed E-state index contributed by atoms with van der Waals surface area (Å²) in [5.41, 5.74) is 3.58. The molecule has 0 bridgehead atoms. The predicted octanol–water partition coefficient (Wildman–Crippen LogP) is 4.22. The molecule has 0 saturated heterocycles. The van der Waals surface area contributed by atoms with Gasteiger partial charge in [-0.2, -0.15) is 0 Å². The summed E-state index contributed by atoms with van der Waals surface area (Å²) in [5, 5.41) is 2.71. The predicted molar refractivity (Wildman–Crippen MR) is 150 cm³/mol. The van der Waals surface area contributed by atoms with E-state index in [4.69, 9.17) is 4.74 Å². The molecule has 0 aromatic heterocycles. The van der Waals surface area contributed by atoms with Gasteiger partial charge in [0, 0.05) is 11.6 Å². The minimum absolute atomic E-state index is 0.00930. The first-order valence-corrected chi connectivity index (χ1v) is 15.2. The van der Waals surface area contributed by atoms with Crippen molar-refractivity contribution < 1.29 is 26.4 Å². The molecule has 204 valence electrons. The van der Waals surface area contributed by atoms with E-state index in [9.17, 15) is 21.6 Å². The molecule has 0 aliphatic heterocycles. The maximum absolute atomic E-state index is 13.0. The molecule has 0 heterocycles. The van der Waals surface area contributed by atoms with Crippen LogP contribution in [0, 0.1) is 13.8 Å². The molecular formula is C27H33N3O6S2. The molecule has 0 fully saturated rings. The van der Waals surface area contributed by atoms with Gasteiger partial charge in [-0.15, -0.1) is 0 Å². The van der Waals surface area contributed by atoms with Gasteiger partial charge in [-0.05, 0) is 80.8 Å². The number of hydrogen-bond acceptors (Lipinski definition) is 6. The van der Waals surface area contributed by atoms with Crippen LogP contribution in [0.25, 0.3) is 0 Å². The van der Waals surface area contributed by atoms with E-state index in [1.165, 1.54) is 29.6 Å². The number of carbonyl (C=O) groups is 1. The van der Waals surface area contributed by atoms with E-state index in [0.717, 1.165) is 17.4 Å². The summed E-state index contributed by atoms with van der Waals surface area (Å²) >= 11 is 0. The first-order valence-electron chi connectivity index (χ1n) is 11.9. The van der Waals surface area contributed by atoms with Crippen molar-refractivity contribution in [2.24, 2.45) is 0 Å². The van der Waals surface area contributed by atoms with Gasteiger partial charge in [0.2, 0.25) is 20.0 Å². The van der Waals surface area contributed by atoms with Crippen molar-refractivity contribution in [2.75, 3.05) is 23.0 Å². The molecular weight excluding hydrogens is 526 g/mol. The highest BCUT2D eigenvalue weighted by molar-refractivity contribution is 7.92. The van der Waals surface area contributed by atoms with Crippen molar-refractivity contribution in [3.05, 3.63) is 82.9 Å². The van der Waals surface area contributed by atoms with E-state index >= 15 is 0 Å². The van der Waals surface area contributed by atoms with Gasteiger partial charge in [0.1, 0.15) is 5.75 Å². The fourth-order valence-corrected chi connectivity index (χ4v) is 6.04. The average Bonchev–Trinajstić information content (AvgIpc) is 2.83. The molecule has 38 heavy (non-hydrogen) atoms. The molecule has 0 radical (unpaired) electrons. The molecule has 0 aliphatic rings. The average molecular weight is 560 g/mol. The van der Waals surface area contributed by atoms with Gasteiger partial charge in [0.05, 0.1) is 36.2 Å². The maximum Gasteiger partial charge on any atom is 0.255 e. The Morgan fingerprint density at radius 3 is 2.18 bits per heavy atom. The summed E-state index contributed by atoms with van der Waals surface area (Å²) < 4.78 is 59.5. The third-order valence-electron chi connectivity index (χ3n) is 5.70. The number of hydrogen-bond donors (Lipinski definition) is 2. The Labute approximate surface area is 224 Å². The minimum Gasteiger partial charge on any atom is -0.495 e. The summed E-state index contributed by atoms with van der Waals surface area (Å²) in [5.74, 6) is -0.175. The van der Waals surface area contributed by atoms with Crippen LogP contribution < -0.4 is 19.1 Å². The van der Waals surface area contributed by atoms with Crippen molar-refractivity contribution in [2.45, 2.75) is 45.2 Å². The number of nitrogens with one attached hydrogen (secondary N) is 2. The Balaban J connectivity index is 1.84. The van der Waals surface area contributed by atoms with Gasteiger partial charge in [-0.1, -0.05) is 24.3 Å². The van der Waals surface area contributed by atoms with E-state index in [1.54, 1.807) is 38.1 Å². The molecule has 2 N–H and O–H groups in total. The molecule has 0 saturated carbocycles. The van der Waals surface area contributed by atoms with E-state index in [-0.39, 0.29) is 23.2 Å². The third kappa shape index (κ3) is 7.12. The zero-order valence-electron chi connectivity index (χ0n) is 22.3. The highest BCUT2D eigenvalue weighted by Gasteiger charge is 2.21. The number of aryl methyl sites for hydroxylation is 2. The Hall–Kier alpha value is -3.41. The fourth-order valence-electron chi connectivity index (χ4n) is 3.82. The highest BCUT2D eigenvalue weighted by Crippen LogP contribution is 2.29. The van der Waals surface area contributed by atoms with E-state index in [1.807, 2.05) is 32.0 Å². The van der Waals surface area contributed by atoms with Gasteiger partial charge < -0.3 is 10.1 Å². The molecule has 0 atom stereocenters. The fraction of sp³-hybridized carbons (Fsp3) is 0.296. The maximum atomic E-state index is 13.0. The number of amides is 1. The Kier molecular flexibility index (Phi) is 8.86. The Bertz CT molecular complexity index is 1530. The van der Waals surface area contributed by atoms with Crippen LogP contribution >= 0.6 is 0 Å². The summed E-state index contributed by atoms with van der Waals surface area (Å²) in [4.78, 5) is 13.0. The molecule has 0 unspecified atom stereocenters. The van der Waals surface area contributed by atoms with Crippen LogP contribution in [-0.4, -0.2) is 42.2 Å². The zero-order chi connectivity index (χ0) is 28.3. The lowest BCUT2D eigenvalue weighted by molar-refractivity contribution is 0.102. The van der Waals surface area contributed by atoms with Crippen LogP contribution in [0.2, 0.25) is 0 Å². The quantitative estimate of drug-likeness (QED) is 0.384. The SMILES string of the molecule is COc1ccc(S(=O)(=O)NC(C)C)cc1NC(=O)c1ccc(CN(c2cc(C)ccc2C)S(C)(=O)=O)cc1. The number of methoxy groups -OCH3 is 1. The summed E-state index contributed by atoms with van der Waals surface area (Å²) in [6.45, 7) is 7.28. The lowest BCUT2D eigenvalue weighted by Gasteiger charge is -2.25. The standard InChI is InChI=1S/C27H33N3O6S2/c1-18(2)29-38(34,35)23-13-14-26(36-5)24(16-23)28-27(31)22-11-9-21(10-12-22)17-30(37(6,32)33)25-15-19(3)7-8-20(25)4/h7-16,18,29H,17H2,1-6H3,(H,28,31). The van der Waals surface area contributed by atoms with Gasteiger partial charge in [-0.25, -0.2) is 21.6 Å². The number of carbonyl (C=O) groups excluding carboxylic acids is 1. The molecule has 9 nitrogen and oxygen atoms in total. The highest BCUT2D eigenvalue weighted by atomic mass is 32.2. The van der Waals surface area contributed by atoms with Crippen LogP contribution in [0.3, 0.4) is 0 Å². The molecule has 0 aliphatic carbocycles. The smallest absolute Gasteiger partial charge is 0.255 e. The van der Waals surface area contributed by atoms with Crippen molar-refractivity contribution >= 4 is 37.3 Å². The first-order chi connectivity index (χ1) is 17.7. The molecule has 3 aromatic rings. The largest absolute Gasteiger partial charge is 0.495 e. The zero-order valence-corrected chi connectivity index (χ0v) is 23.9. The monoisotopic (exact) mass is 559 g/mol. The van der Waals surface area contributed by atoms with Crippen LogP contribution in [0.4, 0.5) is 11.4 Å². The van der Waals surface area contributed by atoms with Crippen molar-refractivity contribution in [3.8, 4) is 5.75 Å². The van der Waals surface area contributed by atoms with E-state index in [2.05, 4.69) is 10.0 Å². The number of anilines is 2. The van der Waals surface area contributed by atoms with Crippen LogP contribution in [0.5, 0.6) is 5.75 Å². The normalized spacial score (nSPS) is 11.9. The van der Waals surface area contributed by atoms with Gasteiger partial charge in [0.25, 0.3) is 5.91 Å².